The van der Waals surface area contributed by atoms with E-state index in [-0.39, 0.29) is 5.91 Å². The molecule has 0 saturated heterocycles. The maximum absolute atomic E-state index is 12.1. The van der Waals surface area contributed by atoms with Crippen LogP contribution >= 0.6 is 0 Å². The van der Waals surface area contributed by atoms with E-state index >= 15 is 0 Å². The molecular formula is C21H27NO2. The van der Waals surface area contributed by atoms with Gasteiger partial charge in [-0.05, 0) is 36.1 Å². The molecule has 3 nitrogen and oxygen atoms in total. The van der Waals surface area contributed by atoms with Gasteiger partial charge in [0.05, 0.1) is 6.61 Å². The monoisotopic (exact) mass is 325 g/mol. The van der Waals surface area contributed by atoms with Gasteiger partial charge in [-0.2, -0.15) is 0 Å². The summed E-state index contributed by atoms with van der Waals surface area (Å²) in [6.45, 7) is 3.40. The molecule has 0 bridgehead atoms. The number of rotatable bonds is 9. The van der Waals surface area contributed by atoms with E-state index in [9.17, 15) is 4.79 Å². The van der Waals surface area contributed by atoms with Gasteiger partial charge >= 0.3 is 0 Å². The van der Waals surface area contributed by atoms with Gasteiger partial charge in [-0.15, -0.1) is 0 Å². The molecule has 0 N–H and O–H groups in total. The number of carbonyl (C=O) groups is 1. The summed E-state index contributed by atoms with van der Waals surface area (Å²) in [5, 5.41) is 0. The van der Waals surface area contributed by atoms with E-state index in [1.54, 1.807) is 4.90 Å². The Labute approximate surface area is 145 Å². The molecule has 128 valence electrons. The maximum Gasteiger partial charge on any atom is 0.222 e. The van der Waals surface area contributed by atoms with Gasteiger partial charge in [0.1, 0.15) is 5.75 Å². The smallest absolute Gasteiger partial charge is 0.222 e. The van der Waals surface area contributed by atoms with E-state index < -0.39 is 0 Å². The minimum atomic E-state index is 0.153. The summed E-state index contributed by atoms with van der Waals surface area (Å²) < 4.78 is 5.72. The van der Waals surface area contributed by atoms with Crippen LogP contribution in [-0.4, -0.2) is 24.5 Å². The molecule has 2 rings (SSSR count). The minimum Gasteiger partial charge on any atom is -0.494 e. The zero-order valence-electron chi connectivity index (χ0n) is 14.7. The van der Waals surface area contributed by atoms with E-state index in [2.05, 4.69) is 19.1 Å². The Kier molecular flexibility index (Phi) is 7.34. The number of hydrogen-bond acceptors (Lipinski definition) is 2. The van der Waals surface area contributed by atoms with Crippen LogP contribution in [0.5, 0.6) is 5.75 Å². The van der Waals surface area contributed by atoms with Crippen LogP contribution in [0.1, 0.15) is 37.3 Å². The zero-order valence-corrected chi connectivity index (χ0v) is 14.7. The van der Waals surface area contributed by atoms with Gasteiger partial charge in [-0.25, -0.2) is 0 Å². The number of carbonyl (C=O) groups excluding carboxylic acids is 1. The number of nitrogens with zero attached hydrogens (tertiary/aromatic N) is 1. The lowest BCUT2D eigenvalue weighted by Crippen LogP contribution is -2.26. The SMILES string of the molecule is CCCc1ccc(OCCCC(=O)N(C)Cc2ccccc2)cc1. The molecule has 0 aliphatic carbocycles. The van der Waals surface area contributed by atoms with Crippen LogP contribution in [0.2, 0.25) is 0 Å². The van der Waals surface area contributed by atoms with Crippen LogP contribution in [0.3, 0.4) is 0 Å². The lowest BCUT2D eigenvalue weighted by atomic mass is 10.1. The van der Waals surface area contributed by atoms with Crippen molar-refractivity contribution in [1.29, 1.82) is 0 Å². The largest absolute Gasteiger partial charge is 0.494 e. The van der Waals surface area contributed by atoms with Gasteiger partial charge in [0.15, 0.2) is 0 Å². The third-order valence-electron chi connectivity index (χ3n) is 3.95. The first-order valence-electron chi connectivity index (χ1n) is 8.68. The highest BCUT2D eigenvalue weighted by Crippen LogP contribution is 2.14. The molecule has 0 radical (unpaired) electrons. The molecule has 24 heavy (non-hydrogen) atoms. The van der Waals surface area contributed by atoms with Gasteiger partial charge < -0.3 is 9.64 Å². The highest BCUT2D eigenvalue weighted by molar-refractivity contribution is 5.75. The predicted molar refractivity (Wildman–Crippen MR) is 98.1 cm³/mol. The van der Waals surface area contributed by atoms with Gasteiger partial charge in [0.2, 0.25) is 5.91 Å². The molecule has 0 aliphatic heterocycles. The quantitative estimate of drug-likeness (QED) is 0.637. The molecular weight excluding hydrogens is 298 g/mol. The lowest BCUT2D eigenvalue weighted by molar-refractivity contribution is -0.130. The average Bonchev–Trinajstić information content (AvgIpc) is 2.61. The normalized spacial score (nSPS) is 10.4. The number of benzene rings is 2. The van der Waals surface area contributed by atoms with Crippen molar-refractivity contribution in [3.63, 3.8) is 0 Å². The van der Waals surface area contributed by atoms with Gasteiger partial charge in [0.25, 0.3) is 0 Å². The molecule has 1 amide bonds. The maximum atomic E-state index is 12.1. The highest BCUT2D eigenvalue weighted by atomic mass is 16.5. The molecule has 0 heterocycles. The Morgan fingerprint density at radius 1 is 1.00 bits per heavy atom. The van der Waals surface area contributed by atoms with Crippen LogP contribution in [0.25, 0.3) is 0 Å². The lowest BCUT2D eigenvalue weighted by Gasteiger charge is -2.17. The van der Waals surface area contributed by atoms with Crippen molar-refractivity contribution in [3.8, 4) is 5.75 Å². The van der Waals surface area contributed by atoms with Crippen LogP contribution in [0.15, 0.2) is 54.6 Å². The summed E-state index contributed by atoms with van der Waals surface area (Å²) in [7, 11) is 1.85. The summed E-state index contributed by atoms with van der Waals surface area (Å²) in [5.41, 5.74) is 2.49. The van der Waals surface area contributed by atoms with Crippen LogP contribution in [0, 0.1) is 0 Å². The van der Waals surface area contributed by atoms with E-state index in [0.717, 1.165) is 30.6 Å². The van der Waals surface area contributed by atoms with Crippen molar-refractivity contribution in [1.82, 2.24) is 4.90 Å². The molecule has 3 heteroatoms. The second-order valence-electron chi connectivity index (χ2n) is 6.08. The fraction of sp³-hybridized carbons (Fsp3) is 0.381. The van der Waals surface area contributed by atoms with Gasteiger partial charge in [-0.1, -0.05) is 55.8 Å². The molecule has 0 atom stereocenters. The first kappa shape index (κ1) is 18.1. The second-order valence-corrected chi connectivity index (χ2v) is 6.08. The summed E-state index contributed by atoms with van der Waals surface area (Å²) in [6, 6.07) is 18.3. The van der Waals surface area contributed by atoms with E-state index in [4.69, 9.17) is 4.74 Å². The Morgan fingerprint density at radius 2 is 1.71 bits per heavy atom. The first-order valence-corrected chi connectivity index (χ1v) is 8.68. The van der Waals surface area contributed by atoms with Crippen molar-refractivity contribution in [2.45, 2.75) is 39.2 Å². The second kappa shape index (κ2) is 9.76. The Hall–Kier alpha value is -2.29. The van der Waals surface area contributed by atoms with Crippen molar-refractivity contribution in [2.24, 2.45) is 0 Å². The van der Waals surface area contributed by atoms with Crippen LogP contribution in [-0.2, 0) is 17.8 Å². The summed E-state index contributed by atoms with van der Waals surface area (Å²) in [5.74, 6) is 1.03. The van der Waals surface area contributed by atoms with E-state index in [1.165, 1.54) is 5.56 Å². The Morgan fingerprint density at radius 3 is 2.38 bits per heavy atom. The molecule has 0 unspecified atom stereocenters. The molecule has 0 spiro atoms. The van der Waals surface area contributed by atoms with E-state index in [1.807, 2.05) is 49.5 Å². The minimum absolute atomic E-state index is 0.153. The van der Waals surface area contributed by atoms with Gasteiger partial charge in [-0.3, -0.25) is 4.79 Å². The Balaban J connectivity index is 1.66. The van der Waals surface area contributed by atoms with Crippen LogP contribution < -0.4 is 4.74 Å². The molecule has 0 aliphatic rings. The number of amides is 1. The standard InChI is InChI=1S/C21H27NO2/c1-3-8-18-12-14-20(15-13-18)24-16-7-11-21(23)22(2)17-19-9-5-4-6-10-19/h4-6,9-10,12-15H,3,7-8,11,16-17H2,1-2H3. The average molecular weight is 325 g/mol. The molecule has 0 aromatic heterocycles. The van der Waals surface area contributed by atoms with Crippen molar-refractivity contribution >= 4 is 5.91 Å². The topological polar surface area (TPSA) is 29.5 Å². The number of aryl methyl sites for hydroxylation is 1. The third-order valence-corrected chi connectivity index (χ3v) is 3.95. The molecule has 0 saturated carbocycles. The number of hydrogen-bond donors (Lipinski definition) is 0. The van der Waals surface area contributed by atoms with Crippen LogP contribution in [0.4, 0.5) is 0 Å². The third kappa shape index (κ3) is 6.07. The van der Waals surface area contributed by atoms with Crippen molar-refractivity contribution < 1.29 is 9.53 Å². The van der Waals surface area contributed by atoms with Crippen molar-refractivity contribution in [2.75, 3.05) is 13.7 Å². The molecule has 2 aromatic rings. The number of ether oxygens (including phenoxy) is 1. The van der Waals surface area contributed by atoms with Crippen molar-refractivity contribution in [3.05, 3.63) is 65.7 Å². The summed E-state index contributed by atoms with van der Waals surface area (Å²) >= 11 is 0. The fourth-order valence-corrected chi connectivity index (χ4v) is 2.59. The fourth-order valence-electron chi connectivity index (χ4n) is 2.59. The summed E-state index contributed by atoms with van der Waals surface area (Å²) in [6.07, 6.45) is 3.49. The highest BCUT2D eigenvalue weighted by Gasteiger charge is 2.09. The van der Waals surface area contributed by atoms with E-state index in [0.29, 0.717) is 19.6 Å². The Bertz CT molecular complexity index is 607. The predicted octanol–water partition coefficient (Wildman–Crippen LogP) is 4.46. The molecule has 0 fully saturated rings. The summed E-state index contributed by atoms with van der Waals surface area (Å²) in [4.78, 5) is 13.9. The first-order chi connectivity index (χ1) is 11.7. The van der Waals surface area contributed by atoms with Gasteiger partial charge in [0, 0.05) is 20.0 Å². The molecule has 2 aromatic carbocycles. The zero-order chi connectivity index (χ0) is 17.2.